The first-order valence-electron chi connectivity index (χ1n) is 6.62. The lowest BCUT2D eigenvalue weighted by atomic mass is 10.1. The van der Waals surface area contributed by atoms with Gasteiger partial charge in [-0.05, 0) is 31.0 Å². The van der Waals surface area contributed by atoms with Crippen molar-refractivity contribution in [2.45, 2.75) is 17.7 Å². The Labute approximate surface area is 132 Å². The van der Waals surface area contributed by atoms with Gasteiger partial charge in [-0.3, -0.25) is 9.69 Å². The Morgan fingerprint density at radius 2 is 2.19 bits per heavy atom. The second-order valence-electron chi connectivity index (χ2n) is 5.27. The zero-order chi connectivity index (χ0) is 15.2. The van der Waals surface area contributed by atoms with Crippen molar-refractivity contribution in [1.82, 2.24) is 0 Å². The maximum atomic E-state index is 12.0. The van der Waals surface area contributed by atoms with E-state index in [2.05, 4.69) is 5.32 Å². The van der Waals surface area contributed by atoms with Gasteiger partial charge in [0, 0.05) is 5.69 Å². The summed E-state index contributed by atoms with van der Waals surface area (Å²) in [6, 6.07) is 5.38. The molecule has 1 saturated carbocycles. The van der Waals surface area contributed by atoms with Crippen LogP contribution in [0.15, 0.2) is 18.2 Å². The second-order valence-corrected chi connectivity index (χ2v) is 6.82. The number of carbonyl (C=O) groups excluding carboxylic acids is 2. The number of ether oxygens (including phenoxy) is 1. The first kappa shape index (κ1) is 14.5. The van der Waals surface area contributed by atoms with Crippen LogP contribution in [-0.4, -0.2) is 29.5 Å². The van der Waals surface area contributed by atoms with Gasteiger partial charge in [-0.2, -0.15) is 0 Å². The van der Waals surface area contributed by atoms with Crippen molar-refractivity contribution in [2.24, 2.45) is 5.92 Å². The van der Waals surface area contributed by atoms with Crippen LogP contribution in [0, 0.1) is 12.8 Å². The maximum absolute atomic E-state index is 12.0. The zero-order valence-corrected chi connectivity index (χ0v) is 12.9. The van der Waals surface area contributed by atoms with Crippen LogP contribution in [0.1, 0.15) is 12.0 Å². The van der Waals surface area contributed by atoms with E-state index < -0.39 is 4.33 Å². The van der Waals surface area contributed by atoms with Gasteiger partial charge in [0.2, 0.25) is 5.91 Å². The van der Waals surface area contributed by atoms with Gasteiger partial charge in [0.05, 0.1) is 18.2 Å². The predicted molar refractivity (Wildman–Crippen MR) is 81.0 cm³/mol. The molecule has 0 spiro atoms. The van der Waals surface area contributed by atoms with E-state index in [0.717, 1.165) is 11.3 Å². The minimum atomic E-state index is -0.948. The van der Waals surface area contributed by atoms with E-state index >= 15 is 0 Å². The fraction of sp³-hybridized carbons (Fsp3) is 0.429. The standard InChI is InChI=1S/C14H14Cl2N2O3/c1-8-2-3-9(17-12(19)10-7-14(10,15)16)6-11(8)18-4-5-21-13(18)20/h2-3,6,10H,4-5,7H2,1H3,(H,17,19)/t10-/m0/s1. The highest BCUT2D eigenvalue weighted by Crippen LogP contribution is 2.53. The molecular weight excluding hydrogens is 315 g/mol. The number of alkyl halides is 2. The first-order chi connectivity index (χ1) is 9.88. The van der Waals surface area contributed by atoms with Crippen molar-refractivity contribution < 1.29 is 14.3 Å². The van der Waals surface area contributed by atoms with Gasteiger partial charge in [0.25, 0.3) is 0 Å². The molecule has 2 aliphatic rings. The summed E-state index contributed by atoms with van der Waals surface area (Å²) in [6.45, 7) is 2.78. The van der Waals surface area contributed by atoms with Crippen LogP contribution >= 0.6 is 23.2 Å². The van der Waals surface area contributed by atoms with Crippen LogP contribution in [0.5, 0.6) is 0 Å². The van der Waals surface area contributed by atoms with Crippen LogP contribution in [0.2, 0.25) is 0 Å². The summed E-state index contributed by atoms with van der Waals surface area (Å²) in [6.07, 6.45) is 0.0864. The number of nitrogens with zero attached hydrogens (tertiary/aromatic N) is 1. The number of halogens is 2. The summed E-state index contributed by atoms with van der Waals surface area (Å²) in [5, 5.41) is 2.78. The number of amides is 2. The topological polar surface area (TPSA) is 58.6 Å². The first-order valence-corrected chi connectivity index (χ1v) is 7.38. The van der Waals surface area contributed by atoms with Gasteiger partial charge in [0.1, 0.15) is 10.9 Å². The summed E-state index contributed by atoms with van der Waals surface area (Å²) in [4.78, 5) is 25.2. The van der Waals surface area contributed by atoms with Crippen LogP contribution in [-0.2, 0) is 9.53 Å². The fourth-order valence-corrected chi connectivity index (χ4v) is 2.82. The van der Waals surface area contributed by atoms with Crippen molar-refractivity contribution in [3.63, 3.8) is 0 Å². The third-order valence-electron chi connectivity index (χ3n) is 3.67. The number of cyclic esters (lactones) is 1. The highest BCUT2D eigenvalue weighted by atomic mass is 35.5. The Kier molecular flexibility index (Phi) is 3.50. The van der Waals surface area contributed by atoms with E-state index in [4.69, 9.17) is 27.9 Å². The van der Waals surface area contributed by atoms with Crippen molar-refractivity contribution in [3.05, 3.63) is 23.8 Å². The largest absolute Gasteiger partial charge is 0.447 e. The molecule has 1 aliphatic heterocycles. The number of hydrogen-bond donors (Lipinski definition) is 1. The highest BCUT2D eigenvalue weighted by molar-refractivity contribution is 6.52. The minimum Gasteiger partial charge on any atom is -0.447 e. The van der Waals surface area contributed by atoms with E-state index in [1.807, 2.05) is 13.0 Å². The van der Waals surface area contributed by atoms with Gasteiger partial charge in [-0.1, -0.05) is 6.07 Å². The third kappa shape index (κ3) is 2.80. The Bertz CT molecular complexity index is 618. The van der Waals surface area contributed by atoms with Crippen molar-refractivity contribution in [1.29, 1.82) is 0 Å². The van der Waals surface area contributed by atoms with Crippen molar-refractivity contribution in [3.8, 4) is 0 Å². The molecule has 0 bridgehead atoms. The molecule has 1 aromatic carbocycles. The summed E-state index contributed by atoms with van der Waals surface area (Å²) >= 11 is 11.8. The number of aryl methyl sites for hydroxylation is 1. The molecule has 1 heterocycles. The molecule has 1 aromatic rings. The van der Waals surface area contributed by atoms with Gasteiger partial charge in [-0.15, -0.1) is 23.2 Å². The SMILES string of the molecule is Cc1ccc(NC(=O)[C@@H]2CC2(Cl)Cl)cc1N1CCOC1=O. The number of hydrogen-bond acceptors (Lipinski definition) is 3. The number of carbonyl (C=O) groups is 2. The van der Waals surface area contributed by atoms with Crippen LogP contribution in [0.4, 0.5) is 16.2 Å². The lowest BCUT2D eigenvalue weighted by Gasteiger charge is -2.17. The molecule has 112 valence electrons. The average molecular weight is 329 g/mol. The number of nitrogens with one attached hydrogen (secondary N) is 1. The Morgan fingerprint density at radius 1 is 1.48 bits per heavy atom. The molecular formula is C14H14Cl2N2O3. The van der Waals surface area contributed by atoms with E-state index in [0.29, 0.717) is 25.3 Å². The lowest BCUT2D eigenvalue weighted by molar-refractivity contribution is -0.117. The Morgan fingerprint density at radius 3 is 2.76 bits per heavy atom. The molecule has 0 aromatic heterocycles. The zero-order valence-electron chi connectivity index (χ0n) is 11.4. The molecule has 0 unspecified atom stereocenters. The van der Waals surface area contributed by atoms with Crippen LogP contribution < -0.4 is 10.2 Å². The normalized spacial score (nSPS) is 22.9. The number of anilines is 2. The minimum absolute atomic E-state index is 0.209. The van der Waals surface area contributed by atoms with Gasteiger partial charge in [0.15, 0.2) is 0 Å². The predicted octanol–water partition coefficient (Wildman–Crippen LogP) is 3.08. The Balaban J connectivity index is 1.78. The van der Waals surface area contributed by atoms with E-state index in [1.54, 1.807) is 17.0 Å². The summed E-state index contributed by atoms with van der Waals surface area (Å²) < 4.78 is 3.99. The van der Waals surface area contributed by atoms with E-state index in [9.17, 15) is 9.59 Å². The molecule has 1 saturated heterocycles. The molecule has 1 N–H and O–H groups in total. The smallest absolute Gasteiger partial charge is 0.414 e. The van der Waals surface area contributed by atoms with Gasteiger partial charge < -0.3 is 10.1 Å². The molecule has 0 radical (unpaired) electrons. The average Bonchev–Trinajstić information content (AvgIpc) is 2.86. The van der Waals surface area contributed by atoms with Gasteiger partial charge >= 0.3 is 6.09 Å². The number of benzene rings is 1. The number of rotatable bonds is 3. The summed E-state index contributed by atoms with van der Waals surface area (Å²) in [5.41, 5.74) is 2.27. The van der Waals surface area contributed by atoms with E-state index in [-0.39, 0.29) is 17.9 Å². The van der Waals surface area contributed by atoms with E-state index in [1.165, 1.54) is 0 Å². The fourth-order valence-electron chi connectivity index (χ4n) is 2.32. The second kappa shape index (κ2) is 5.07. The van der Waals surface area contributed by atoms with Gasteiger partial charge in [-0.25, -0.2) is 4.79 Å². The van der Waals surface area contributed by atoms with Crippen molar-refractivity contribution in [2.75, 3.05) is 23.4 Å². The lowest BCUT2D eigenvalue weighted by Crippen LogP contribution is -2.24. The molecule has 2 fully saturated rings. The third-order valence-corrected chi connectivity index (χ3v) is 4.51. The molecule has 21 heavy (non-hydrogen) atoms. The Hall–Kier alpha value is -1.46. The molecule has 3 rings (SSSR count). The quantitative estimate of drug-likeness (QED) is 0.867. The van der Waals surface area contributed by atoms with Crippen LogP contribution in [0.3, 0.4) is 0 Å². The summed E-state index contributed by atoms with van der Waals surface area (Å²) in [7, 11) is 0. The highest BCUT2D eigenvalue weighted by Gasteiger charge is 2.56. The maximum Gasteiger partial charge on any atom is 0.414 e. The molecule has 7 heteroatoms. The summed E-state index contributed by atoms with van der Waals surface area (Å²) in [5.74, 6) is -0.596. The molecule has 2 amide bonds. The molecule has 1 atom stereocenters. The van der Waals surface area contributed by atoms with Crippen molar-refractivity contribution >= 4 is 46.6 Å². The molecule has 1 aliphatic carbocycles. The monoisotopic (exact) mass is 328 g/mol. The molecule has 5 nitrogen and oxygen atoms in total. The van der Waals surface area contributed by atoms with Crippen LogP contribution in [0.25, 0.3) is 0 Å².